The number of halogens is 1. The van der Waals surface area contributed by atoms with Crippen LogP contribution in [0.1, 0.15) is 52.5 Å². The standard InChI is InChI=1S/C17H25ClO/c1-15(2)10-16(3,4)12-17(19,11-15)9-13-6-5-7-14(18)8-13/h5-8,19H,9-12H2,1-4H3. The maximum absolute atomic E-state index is 11.0. The lowest BCUT2D eigenvalue weighted by Gasteiger charge is -2.49. The molecule has 0 aromatic heterocycles. The Bertz CT molecular complexity index is 446. The zero-order chi connectivity index (χ0) is 14.3. The molecule has 1 aromatic rings. The summed E-state index contributed by atoms with van der Waals surface area (Å²) < 4.78 is 0. The van der Waals surface area contributed by atoms with E-state index >= 15 is 0 Å². The van der Waals surface area contributed by atoms with Gasteiger partial charge in [-0.1, -0.05) is 51.4 Å². The van der Waals surface area contributed by atoms with Crippen LogP contribution in [0.25, 0.3) is 0 Å². The summed E-state index contributed by atoms with van der Waals surface area (Å²) in [5.41, 5.74) is 0.892. The van der Waals surface area contributed by atoms with Crippen molar-refractivity contribution in [1.82, 2.24) is 0 Å². The molecule has 0 bridgehead atoms. The van der Waals surface area contributed by atoms with Crippen LogP contribution in [0.3, 0.4) is 0 Å². The molecular formula is C17H25ClO. The van der Waals surface area contributed by atoms with E-state index in [4.69, 9.17) is 11.6 Å². The van der Waals surface area contributed by atoms with Crippen molar-refractivity contribution in [2.45, 2.75) is 59.0 Å². The summed E-state index contributed by atoms with van der Waals surface area (Å²) in [6, 6.07) is 7.86. The topological polar surface area (TPSA) is 20.2 Å². The maximum atomic E-state index is 11.0. The van der Waals surface area contributed by atoms with Gasteiger partial charge in [-0.05, 0) is 47.8 Å². The average molecular weight is 281 g/mol. The van der Waals surface area contributed by atoms with E-state index < -0.39 is 5.60 Å². The van der Waals surface area contributed by atoms with Crippen molar-refractivity contribution in [2.24, 2.45) is 10.8 Å². The average Bonchev–Trinajstić information content (AvgIpc) is 2.09. The highest BCUT2D eigenvalue weighted by Crippen LogP contribution is 2.51. The first kappa shape index (κ1) is 14.9. The van der Waals surface area contributed by atoms with Gasteiger partial charge in [0.25, 0.3) is 0 Å². The summed E-state index contributed by atoms with van der Waals surface area (Å²) in [5.74, 6) is 0. The van der Waals surface area contributed by atoms with Crippen molar-refractivity contribution < 1.29 is 5.11 Å². The molecule has 1 aliphatic rings. The van der Waals surface area contributed by atoms with Gasteiger partial charge in [-0.2, -0.15) is 0 Å². The lowest BCUT2D eigenvalue weighted by atomic mass is 9.58. The predicted molar refractivity (Wildman–Crippen MR) is 81.5 cm³/mol. The van der Waals surface area contributed by atoms with Crippen LogP contribution in [0.4, 0.5) is 0 Å². The van der Waals surface area contributed by atoms with Gasteiger partial charge < -0.3 is 5.11 Å². The third kappa shape index (κ3) is 3.97. The number of rotatable bonds is 2. The van der Waals surface area contributed by atoms with E-state index in [1.807, 2.05) is 18.2 Å². The quantitative estimate of drug-likeness (QED) is 0.821. The van der Waals surface area contributed by atoms with Gasteiger partial charge in [-0.25, -0.2) is 0 Å². The number of hydrogen-bond donors (Lipinski definition) is 1. The lowest BCUT2D eigenvalue weighted by Crippen LogP contribution is -2.47. The fraction of sp³-hybridized carbons (Fsp3) is 0.647. The number of aliphatic hydroxyl groups is 1. The van der Waals surface area contributed by atoms with E-state index in [1.54, 1.807) is 0 Å². The van der Waals surface area contributed by atoms with Crippen LogP contribution in [0.5, 0.6) is 0 Å². The number of benzene rings is 1. The Morgan fingerprint density at radius 3 is 2.16 bits per heavy atom. The maximum Gasteiger partial charge on any atom is 0.0698 e. The second kappa shape index (κ2) is 4.79. The first-order valence-corrected chi connectivity index (χ1v) is 7.44. The normalized spacial score (nSPS) is 24.1. The zero-order valence-electron chi connectivity index (χ0n) is 12.5. The van der Waals surface area contributed by atoms with Crippen molar-refractivity contribution >= 4 is 11.6 Å². The molecule has 0 aliphatic heterocycles. The van der Waals surface area contributed by atoms with Gasteiger partial charge in [-0.15, -0.1) is 0 Å². The SMILES string of the molecule is CC1(C)CC(C)(C)CC(O)(Cc2cccc(Cl)c2)C1. The van der Waals surface area contributed by atoms with Crippen LogP contribution in [0.15, 0.2) is 24.3 Å². The summed E-state index contributed by atoms with van der Waals surface area (Å²) in [6.07, 6.45) is 3.57. The Balaban J connectivity index is 2.22. The second-order valence-electron chi connectivity index (χ2n) is 7.89. The second-order valence-corrected chi connectivity index (χ2v) is 8.33. The summed E-state index contributed by atoms with van der Waals surface area (Å²) in [4.78, 5) is 0. The molecule has 1 nitrogen and oxygen atoms in total. The van der Waals surface area contributed by atoms with Crippen molar-refractivity contribution in [1.29, 1.82) is 0 Å². The number of hydrogen-bond acceptors (Lipinski definition) is 1. The summed E-state index contributed by atoms with van der Waals surface area (Å²) in [7, 11) is 0. The zero-order valence-corrected chi connectivity index (χ0v) is 13.2. The van der Waals surface area contributed by atoms with Crippen LogP contribution < -0.4 is 0 Å². The fourth-order valence-electron chi connectivity index (χ4n) is 4.42. The van der Waals surface area contributed by atoms with Crippen LogP contribution in [0, 0.1) is 10.8 Å². The molecular weight excluding hydrogens is 256 g/mol. The minimum atomic E-state index is -0.615. The van der Waals surface area contributed by atoms with Gasteiger partial charge in [0, 0.05) is 11.4 Å². The highest BCUT2D eigenvalue weighted by Gasteiger charge is 2.46. The van der Waals surface area contributed by atoms with E-state index in [0.717, 1.165) is 29.8 Å². The van der Waals surface area contributed by atoms with Gasteiger partial charge in [0.15, 0.2) is 0 Å². The third-order valence-corrected chi connectivity index (χ3v) is 4.23. The van der Waals surface area contributed by atoms with E-state index in [1.165, 1.54) is 0 Å². The van der Waals surface area contributed by atoms with Crippen LogP contribution in [-0.2, 0) is 6.42 Å². The van der Waals surface area contributed by atoms with Crippen molar-refractivity contribution in [3.05, 3.63) is 34.9 Å². The Kier molecular flexibility index (Phi) is 3.75. The van der Waals surface area contributed by atoms with Gasteiger partial charge in [-0.3, -0.25) is 0 Å². The smallest absolute Gasteiger partial charge is 0.0698 e. The minimum Gasteiger partial charge on any atom is -0.390 e. The monoisotopic (exact) mass is 280 g/mol. The lowest BCUT2D eigenvalue weighted by molar-refractivity contribution is -0.0850. The van der Waals surface area contributed by atoms with Crippen LogP contribution >= 0.6 is 11.6 Å². The molecule has 19 heavy (non-hydrogen) atoms. The van der Waals surface area contributed by atoms with E-state index in [2.05, 4.69) is 33.8 Å². The largest absolute Gasteiger partial charge is 0.390 e. The highest BCUT2D eigenvalue weighted by molar-refractivity contribution is 6.30. The van der Waals surface area contributed by atoms with E-state index in [0.29, 0.717) is 6.42 Å². The van der Waals surface area contributed by atoms with Gasteiger partial charge in [0.2, 0.25) is 0 Å². The molecule has 2 rings (SSSR count). The van der Waals surface area contributed by atoms with Gasteiger partial charge >= 0.3 is 0 Å². The first-order chi connectivity index (χ1) is 8.59. The highest BCUT2D eigenvalue weighted by atomic mass is 35.5. The minimum absolute atomic E-state index is 0.190. The molecule has 1 saturated carbocycles. The van der Waals surface area contributed by atoms with Crippen LogP contribution in [0.2, 0.25) is 5.02 Å². The van der Waals surface area contributed by atoms with E-state index in [9.17, 15) is 5.11 Å². The van der Waals surface area contributed by atoms with Crippen molar-refractivity contribution in [3.63, 3.8) is 0 Å². The fourth-order valence-corrected chi connectivity index (χ4v) is 4.63. The Labute approximate surface area is 122 Å². The van der Waals surface area contributed by atoms with Gasteiger partial charge in [0.05, 0.1) is 5.60 Å². The molecule has 0 saturated heterocycles. The molecule has 1 aliphatic carbocycles. The molecule has 2 heteroatoms. The molecule has 0 radical (unpaired) electrons. The summed E-state index contributed by atoms with van der Waals surface area (Å²) >= 11 is 6.04. The summed E-state index contributed by atoms with van der Waals surface area (Å²) in [6.45, 7) is 9.04. The molecule has 0 heterocycles. The van der Waals surface area contributed by atoms with E-state index in [-0.39, 0.29) is 10.8 Å². The molecule has 0 atom stereocenters. The summed E-state index contributed by atoms with van der Waals surface area (Å²) in [5, 5.41) is 11.8. The van der Waals surface area contributed by atoms with Crippen molar-refractivity contribution in [2.75, 3.05) is 0 Å². The van der Waals surface area contributed by atoms with Crippen molar-refractivity contribution in [3.8, 4) is 0 Å². The molecule has 1 aromatic carbocycles. The Morgan fingerprint density at radius 1 is 1.05 bits per heavy atom. The Morgan fingerprint density at radius 2 is 1.63 bits per heavy atom. The van der Waals surface area contributed by atoms with Crippen LogP contribution in [-0.4, -0.2) is 10.7 Å². The third-order valence-electron chi connectivity index (χ3n) is 3.99. The first-order valence-electron chi connectivity index (χ1n) is 7.06. The van der Waals surface area contributed by atoms with Gasteiger partial charge in [0.1, 0.15) is 0 Å². The molecule has 106 valence electrons. The predicted octanol–water partition coefficient (Wildman–Crippen LogP) is 4.85. The molecule has 0 spiro atoms. The molecule has 1 fully saturated rings. The molecule has 0 unspecified atom stereocenters. The molecule has 0 amide bonds. The molecule has 1 N–H and O–H groups in total. The Hall–Kier alpha value is -0.530.